The highest BCUT2D eigenvalue weighted by atomic mass is 35.5. The van der Waals surface area contributed by atoms with E-state index >= 15 is 0 Å². The summed E-state index contributed by atoms with van der Waals surface area (Å²) in [4.78, 5) is 2.35. The van der Waals surface area contributed by atoms with Crippen LogP contribution in [-0.4, -0.2) is 14.6 Å². The second kappa shape index (κ2) is 8.70. The maximum absolute atomic E-state index is 12.1. The number of nitrogens with zero attached hydrogens (tertiary/aromatic N) is 1. The van der Waals surface area contributed by atoms with Crippen LogP contribution < -0.4 is 9.57 Å². The number of sulfonamides is 1. The van der Waals surface area contributed by atoms with E-state index in [1.165, 1.54) is 18.3 Å². The minimum Gasteiger partial charge on any atom is -0.489 e. The van der Waals surface area contributed by atoms with Crippen LogP contribution in [0.2, 0.25) is 5.02 Å². The average molecular weight is 401 g/mol. The summed E-state index contributed by atoms with van der Waals surface area (Å²) in [6, 6.07) is 22.7. The van der Waals surface area contributed by atoms with E-state index in [-0.39, 0.29) is 4.90 Å². The Bertz CT molecular complexity index is 1020. The zero-order valence-corrected chi connectivity index (χ0v) is 15.8. The molecule has 27 heavy (non-hydrogen) atoms. The monoisotopic (exact) mass is 400 g/mol. The fraction of sp³-hybridized carbons (Fsp3) is 0.0500. The van der Waals surface area contributed by atoms with E-state index in [0.717, 1.165) is 5.56 Å². The lowest BCUT2D eigenvalue weighted by atomic mass is 10.2. The molecule has 0 radical (unpaired) electrons. The highest BCUT2D eigenvalue weighted by molar-refractivity contribution is 7.89. The van der Waals surface area contributed by atoms with Crippen LogP contribution in [0.3, 0.4) is 0 Å². The minimum absolute atomic E-state index is 0.155. The van der Waals surface area contributed by atoms with Crippen LogP contribution in [0, 0.1) is 0 Å². The van der Waals surface area contributed by atoms with Gasteiger partial charge in [0.2, 0.25) is 0 Å². The Hall–Kier alpha value is -2.83. The number of hydrogen-bond acceptors (Lipinski definition) is 4. The van der Waals surface area contributed by atoms with E-state index < -0.39 is 10.0 Å². The molecule has 0 amide bonds. The SMILES string of the molecule is O=S(=O)(N/N=C\c1cccc(OCc2ccc(Cl)cc2)c1)c1ccccc1. The predicted molar refractivity (Wildman–Crippen MR) is 107 cm³/mol. The van der Waals surface area contributed by atoms with Gasteiger partial charge in [0.15, 0.2) is 0 Å². The summed E-state index contributed by atoms with van der Waals surface area (Å²) in [6.45, 7) is 0.401. The maximum atomic E-state index is 12.1. The van der Waals surface area contributed by atoms with E-state index in [9.17, 15) is 8.42 Å². The lowest BCUT2D eigenvalue weighted by molar-refractivity contribution is 0.306. The van der Waals surface area contributed by atoms with Crippen molar-refractivity contribution in [2.75, 3.05) is 0 Å². The molecule has 0 saturated heterocycles. The minimum atomic E-state index is -3.68. The second-order valence-corrected chi connectivity index (χ2v) is 7.75. The van der Waals surface area contributed by atoms with E-state index in [4.69, 9.17) is 16.3 Å². The maximum Gasteiger partial charge on any atom is 0.276 e. The lowest BCUT2D eigenvalue weighted by Gasteiger charge is -2.07. The van der Waals surface area contributed by atoms with Gasteiger partial charge in [-0.1, -0.05) is 54.1 Å². The lowest BCUT2D eigenvalue weighted by Crippen LogP contribution is -2.18. The summed E-state index contributed by atoms with van der Waals surface area (Å²) in [5.74, 6) is 0.653. The predicted octanol–water partition coefficient (Wildman–Crippen LogP) is 4.23. The van der Waals surface area contributed by atoms with Crippen molar-refractivity contribution in [3.8, 4) is 5.75 Å². The fourth-order valence-electron chi connectivity index (χ4n) is 2.25. The highest BCUT2D eigenvalue weighted by Crippen LogP contribution is 2.16. The topological polar surface area (TPSA) is 67.8 Å². The van der Waals surface area contributed by atoms with E-state index in [0.29, 0.717) is 22.9 Å². The largest absolute Gasteiger partial charge is 0.489 e. The van der Waals surface area contributed by atoms with Crippen molar-refractivity contribution in [1.82, 2.24) is 4.83 Å². The van der Waals surface area contributed by atoms with Gasteiger partial charge >= 0.3 is 0 Å². The van der Waals surface area contributed by atoms with E-state index in [2.05, 4.69) is 9.93 Å². The first kappa shape index (κ1) is 18.9. The van der Waals surface area contributed by atoms with Gasteiger partial charge in [0.05, 0.1) is 11.1 Å². The zero-order chi connectivity index (χ0) is 19.1. The molecule has 0 aromatic heterocycles. The Morgan fingerprint density at radius 1 is 0.963 bits per heavy atom. The van der Waals surface area contributed by atoms with Crippen molar-refractivity contribution < 1.29 is 13.2 Å². The number of hydrogen-bond donors (Lipinski definition) is 1. The molecular formula is C20H17ClN2O3S. The second-order valence-electron chi connectivity index (χ2n) is 5.65. The smallest absolute Gasteiger partial charge is 0.276 e. The molecule has 138 valence electrons. The molecule has 3 aromatic rings. The van der Waals surface area contributed by atoms with Crippen LogP contribution in [0.1, 0.15) is 11.1 Å². The molecule has 0 fully saturated rings. The third kappa shape index (κ3) is 5.57. The number of nitrogens with one attached hydrogen (secondary N) is 1. The molecule has 0 aliphatic carbocycles. The van der Waals surface area contributed by atoms with Gasteiger partial charge in [-0.2, -0.15) is 13.5 Å². The summed E-state index contributed by atoms with van der Waals surface area (Å²) < 4.78 is 30.0. The third-order valence-electron chi connectivity index (χ3n) is 3.62. The molecule has 0 saturated carbocycles. The third-order valence-corrected chi connectivity index (χ3v) is 5.11. The fourth-order valence-corrected chi connectivity index (χ4v) is 3.19. The molecule has 0 heterocycles. The number of benzene rings is 3. The van der Waals surface area contributed by atoms with Gasteiger partial charge in [-0.3, -0.25) is 0 Å². The highest BCUT2D eigenvalue weighted by Gasteiger charge is 2.10. The van der Waals surface area contributed by atoms with Crippen LogP contribution in [-0.2, 0) is 16.6 Å². The van der Waals surface area contributed by atoms with Gasteiger partial charge in [0.25, 0.3) is 10.0 Å². The molecule has 3 aromatic carbocycles. The van der Waals surface area contributed by atoms with Gasteiger partial charge in [0.1, 0.15) is 12.4 Å². The Morgan fingerprint density at radius 3 is 2.44 bits per heavy atom. The van der Waals surface area contributed by atoms with E-state index in [1.807, 2.05) is 36.4 Å². The van der Waals surface area contributed by atoms with Crippen molar-refractivity contribution in [1.29, 1.82) is 0 Å². The van der Waals surface area contributed by atoms with Crippen LogP contribution >= 0.6 is 11.6 Å². The summed E-state index contributed by atoms with van der Waals surface area (Å²) in [5.41, 5.74) is 1.70. The van der Waals surface area contributed by atoms with Crippen molar-refractivity contribution in [3.63, 3.8) is 0 Å². The first-order chi connectivity index (χ1) is 13.0. The van der Waals surface area contributed by atoms with Crippen molar-refractivity contribution in [2.45, 2.75) is 11.5 Å². The Morgan fingerprint density at radius 2 is 1.70 bits per heavy atom. The normalized spacial score (nSPS) is 11.4. The van der Waals surface area contributed by atoms with Gasteiger partial charge in [-0.25, -0.2) is 4.83 Å². The molecule has 5 nitrogen and oxygen atoms in total. The number of halogens is 1. The number of rotatable bonds is 7. The molecule has 0 spiro atoms. The molecular weight excluding hydrogens is 384 g/mol. The quantitative estimate of drug-likeness (QED) is 0.476. The number of ether oxygens (including phenoxy) is 1. The molecule has 3 rings (SSSR count). The molecule has 0 atom stereocenters. The first-order valence-electron chi connectivity index (χ1n) is 8.10. The van der Waals surface area contributed by atoms with Crippen LogP contribution in [0.15, 0.2) is 88.9 Å². The van der Waals surface area contributed by atoms with E-state index in [1.54, 1.807) is 30.3 Å². The first-order valence-corrected chi connectivity index (χ1v) is 9.96. The molecule has 7 heteroatoms. The Balaban J connectivity index is 1.61. The summed E-state index contributed by atoms with van der Waals surface area (Å²) in [5, 5.41) is 4.50. The van der Waals surface area contributed by atoms with Gasteiger partial charge in [-0.15, -0.1) is 0 Å². The van der Waals surface area contributed by atoms with Crippen LogP contribution in [0.5, 0.6) is 5.75 Å². The van der Waals surface area contributed by atoms with Crippen LogP contribution in [0.25, 0.3) is 0 Å². The van der Waals surface area contributed by atoms with Gasteiger partial charge in [-0.05, 0) is 47.5 Å². The van der Waals surface area contributed by atoms with Crippen molar-refractivity contribution in [2.24, 2.45) is 5.10 Å². The van der Waals surface area contributed by atoms with Crippen molar-refractivity contribution >= 4 is 27.8 Å². The molecule has 0 aliphatic heterocycles. The summed E-state index contributed by atoms with van der Waals surface area (Å²) in [6.07, 6.45) is 1.43. The number of hydrazone groups is 1. The van der Waals surface area contributed by atoms with Crippen LogP contribution in [0.4, 0.5) is 0 Å². The van der Waals surface area contributed by atoms with Gasteiger partial charge < -0.3 is 4.74 Å². The zero-order valence-electron chi connectivity index (χ0n) is 14.2. The standard InChI is InChI=1S/C20H17ClN2O3S/c21-18-11-9-16(10-12-18)15-26-19-6-4-5-17(13-19)14-22-23-27(24,25)20-7-2-1-3-8-20/h1-14,23H,15H2/b22-14-. The molecule has 1 N–H and O–H groups in total. The Kier molecular flexibility index (Phi) is 6.11. The van der Waals surface area contributed by atoms with Crippen molar-refractivity contribution in [3.05, 3.63) is 95.0 Å². The molecule has 0 aliphatic rings. The molecule has 0 bridgehead atoms. The molecule has 0 unspecified atom stereocenters. The summed E-state index contributed by atoms with van der Waals surface area (Å²) in [7, 11) is -3.68. The Labute approximate surface area is 163 Å². The summed E-state index contributed by atoms with van der Waals surface area (Å²) >= 11 is 5.87. The average Bonchev–Trinajstić information content (AvgIpc) is 2.68. The van der Waals surface area contributed by atoms with Gasteiger partial charge in [0, 0.05) is 5.02 Å².